The predicted molar refractivity (Wildman–Crippen MR) is 125 cm³/mol. The highest BCUT2D eigenvalue weighted by molar-refractivity contribution is 5.75. The Labute approximate surface area is 187 Å². The van der Waals surface area contributed by atoms with Gasteiger partial charge < -0.3 is 20.3 Å². The predicted octanol–water partition coefficient (Wildman–Crippen LogP) is 4.59. The molecule has 0 amide bonds. The number of halogens is 1. The molecule has 32 heavy (non-hydrogen) atoms. The zero-order chi connectivity index (χ0) is 22.2. The Morgan fingerprint density at radius 2 is 2.06 bits per heavy atom. The molecule has 2 aromatic carbocycles. The molecule has 2 N–H and O–H groups in total. The first-order valence-corrected chi connectivity index (χ1v) is 11.2. The lowest BCUT2D eigenvalue weighted by Gasteiger charge is -2.35. The van der Waals surface area contributed by atoms with E-state index in [1.54, 1.807) is 0 Å². The molecule has 1 aromatic heterocycles. The van der Waals surface area contributed by atoms with Crippen molar-refractivity contribution >= 4 is 17.3 Å². The molecule has 166 valence electrons. The van der Waals surface area contributed by atoms with Crippen LogP contribution in [0, 0.1) is 12.7 Å². The largest absolute Gasteiger partial charge is 0.489 e. The molecule has 0 spiro atoms. The van der Waals surface area contributed by atoms with Crippen molar-refractivity contribution in [1.82, 2.24) is 15.3 Å². The van der Waals surface area contributed by atoms with Crippen molar-refractivity contribution in [1.29, 1.82) is 0 Å². The molecule has 2 aliphatic heterocycles. The first-order chi connectivity index (χ1) is 15.5. The maximum Gasteiger partial charge on any atom is 0.227 e. The lowest BCUT2D eigenvalue weighted by Crippen LogP contribution is -2.38. The summed E-state index contributed by atoms with van der Waals surface area (Å²) in [7, 11) is 0. The summed E-state index contributed by atoms with van der Waals surface area (Å²) in [6.07, 6.45) is 2.26. The van der Waals surface area contributed by atoms with Gasteiger partial charge in [0.15, 0.2) is 5.82 Å². The lowest BCUT2D eigenvalue weighted by molar-refractivity contribution is 0.301. The number of fused-ring (bicyclic) bond motifs is 2. The Morgan fingerprint density at radius 1 is 1.19 bits per heavy atom. The topological polar surface area (TPSA) is 62.3 Å². The molecular formula is C25H28FN5O. The van der Waals surface area contributed by atoms with Gasteiger partial charge in [-0.3, -0.25) is 0 Å². The Morgan fingerprint density at radius 3 is 2.91 bits per heavy atom. The van der Waals surface area contributed by atoms with Crippen molar-refractivity contribution in [3.05, 3.63) is 59.0 Å². The third-order valence-electron chi connectivity index (χ3n) is 6.13. The van der Waals surface area contributed by atoms with Gasteiger partial charge in [-0.1, -0.05) is 6.07 Å². The van der Waals surface area contributed by atoms with Crippen molar-refractivity contribution in [2.75, 3.05) is 29.9 Å². The zero-order valence-corrected chi connectivity index (χ0v) is 18.7. The van der Waals surface area contributed by atoms with Crippen molar-refractivity contribution < 1.29 is 9.13 Å². The fraction of sp³-hybridized carbons (Fsp3) is 0.360. The first-order valence-electron chi connectivity index (χ1n) is 11.2. The molecule has 3 heterocycles. The molecule has 0 aliphatic carbocycles. The quantitative estimate of drug-likeness (QED) is 0.628. The monoisotopic (exact) mass is 433 g/mol. The van der Waals surface area contributed by atoms with Gasteiger partial charge in [0.05, 0.1) is 18.4 Å². The average Bonchev–Trinajstić information content (AvgIpc) is 2.79. The van der Waals surface area contributed by atoms with Crippen LogP contribution >= 0.6 is 0 Å². The number of nitrogens with zero attached hydrogens (tertiary/aromatic N) is 3. The number of aryl methyl sites for hydroxylation is 1. The second kappa shape index (κ2) is 8.39. The minimum absolute atomic E-state index is 0.280. The smallest absolute Gasteiger partial charge is 0.227 e. The van der Waals surface area contributed by atoms with Gasteiger partial charge in [0.2, 0.25) is 5.95 Å². The van der Waals surface area contributed by atoms with Crippen molar-refractivity contribution in [2.45, 2.75) is 39.8 Å². The highest BCUT2D eigenvalue weighted by atomic mass is 19.1. The summed E-state index contributed by atoms with van der Waals surface area (Å²) in [5.41, 5.74) is 6.47. The third-order valence-corrected chi connectivity index (χ3v) is 6.13. The molecule has 3 aromatic rings. The highest BCUT2D eigenvalue weighted by Crippen LogP contribution is 2.40. The molecule has 2 aliphatic rings. The standard InChI is InChI=1S/C25H28FN5O/c1-15(2)31-8-9-32-24-16(3)10-18(12-22(24)31)23-21(26)14-28-25(30-23)29-20-5-4-17-6-7-27-13-19(17)11-20/h4-5,10-12,14-15,27H,6-9,13H2,1-3H3,(H,28,29,30). The summed E-state index contributed by atoms with van der Waals surface area (Å²) in [5.74, 6) is 0.791. The molecule has 0 radical (unpaired) electrons. The van der Waals surface area contributed by atoms with Gasteiger partial charge in [-0.25, -0.2) is 14.4 Å². The van der Waals surface area contributed by atoms with Gasteiger partial charge in [0.25, 0.3) is 0 Å². The summed E-state index contributed by atoms with van der Waals surface area (Å²) in [6, 6.07) is 10.5. The average molecular weight is 434 g/mol. The van der Waals surface area contributed by atoms with Crippen LogP contribution < -0.4 is 20.3 Å². The molecular weight excluding hydrogens is 405 g/mol. The summed E-state index contributed by atoms with van der Waals surface area (Å²) >= 11 is 0. The Bertz CT molecular complexity index is 1160. The molecule has 0 fully saturated rings. The second-order valence-electron chi connectivity index (χ2n) is 8.70. The maximum absolute atomic E-state index is 14.8. The molecule has 6 nitrogen and oxygen atoms in total. The van der Waals surface area contributed by atoms with Crippen molar-refractivity contribution in [2.24, 2.45) is 0 Å². The van der Waals surface area contributed by atoms with Crippen LogP contribution in [0.4, 0.5) is 21.7 Å². The molecule has 0 unspecified atom stereocenters. The van der Waals surface area contributed by atoms with Crippen LogP contribution in [0.25, 0.3) is 11.3 Å². The van der Waals surface area contributed by atoms with E-state index in [1.165, 1.54) is 17.3 Å². The Hall–Kier alpha value is -3.19. The lowest BCUT2D eigenvalue weighted by atomic mass is 10.0. The number of benzene rings is 2. The number of hydrogen-bond acceptors (Lipinski definition) is 6. The summed E-state index contributed by atoms with van der Waals surface area (Å²) in [6.45, 7) is 9.60. The minimum atomic E-state index is -0.447. The minimum Gasteiger partial charge on any atom is -0.489 e. The normalized spacial score (nSPS) is 15.2. The van der Waals surface area contributed by atoms with E-state index in [0.29, 0.717) is 18.6 Å². The van der Waals surface area contributed by atoms with E-state index in [1.807, 2.05) is 25.1 Å². The summed E-state index contributed by atoms with van der Waals surface area (Å²) in [5, 5.41) is 6.63. The van der Waals surface area contributed by atoms with Crippen LogP contribution in [0.3, 0.4) is 0 Å². The van der Waals surface area contributed by atoms with E-state index in [-0.39, 0.29) is 5.69 Å². The number of rotatable bonds is 4. The second-order valence-corrected chi connectivity index (χ2v) is 8.70. The first kappa shape index (κ1) is 20.7. The van der Waals surface area contributed by atoms with Gasteiger partial charge in [0.1, 0.15) is 18.1 Å². The Balaban J connectivity index is 1.49. The van der Waals surface area contributed by atoms with Crippen LogP contribution in [0.2, 0.25) is 0 Å². The van der Waals surface area contributed by atoms with Crippen LogP contribution in [0.1, 0.15) is 30.5 Å². The van der Waals surface area contributed by atoms with Gasteiger partial charge in [-0.2, -0.15) is 0 Å². The van der Waals surface area contributed by atoms with Gasteiger partial charge in [-0.15, -0.1) is 0 Å². The summed E-state index contributed by atoms with van der Waals surface area (Å²) in [4.78, 5) is 11.0. The SMILES string of the molecule is Cc1cc(-c2nc(Nc3ccc4c(c3)CNCC4)ncc2F)cc2c1OCCN2C(C)C. The number of hydrogen-bond donors (Lipinski definition) is 2. The molecule has 0 bridgehead atoms. The third kappa shape index (κ3) is 3.88. The highest BCUT2D eigenvalue weighted by Gasteiger charge is 2.24. The molecule has 0 saturated heterocycles. The van der Waals surface area contributed by atoms with Crippen LogP contribution in [-0.2, 0) is 13.0 Å². The van der Waals surface area contributed by atoms with E-state index in [4.69, 9.17) is 4.74 Å². The number of ether oxygens (including phenoxy) is 1. The van der Waals surface area contributed by atoms with E-state index in [2.05, 4.69) is 51.5 Å². The van der Waals surface area contributed by atoms with Gasteiger partial charge in [-0.05, 0) is 74.7 Å². The van der Waals surface area contributed by atoms with E-state index >= 15 is 0 Å². The Kier molecular flexibility index (Phi) is 5.43. The van der Waals surface area contributed by atoms with Crippen LogP contribution in [0.15, 0.2) is 36.5 Å². The summed E-state index contributed by atoms with van der Waals surface area (Å²) < 4.78 is 20.8. The number of aromatic nitrogens is 2. The van der Waals surface area contributed by atoms with Gasteiger partial charge in [0, 0.05) is 23.8 Å². The molecule has 5 rings (SSSR count). The van der Waals surface area contributed by atoms with Gasteiger partial charge >= 0.3 is 0 Å². The van der Waals surface area contributed by atoms with Crippen LogP contribution in [0.5, 0.6) is 5.75 Å². The molecule has 0 atom stereocenters. The van der Waals surface area contributed by atoms with Crippen molar-refractivity contribution in [3.63, 3.8) is 0 Å². The van der Waals surface area contributed by atoms with E-state index in [9.17, 15) is 4.39 Å². The van der Waals surface area contributed by atoms with Crippen molar-refractivity contribution in [3.8, 4) is 17.0 Å². The zero-order valence-electron chi connectivity index (χ0n) is 18.7. The molecule has 0 saturated carbocycles. The number of nitrogens with one attached hydrogen (secondary N) is 2. The maximum atomic E-state index is 14.8. The number of anilines is 3. The fourth-order valence-electron chi connectivity index (χ4n) is 4.51. The van der Waals surface area contributed by atoms with Crippen LogP contribution in [-0.4, -0.2) is 35.7 Å². The molecule has 7 heteroatoms. The fourth-order valence-corrected chi connectivity index (χ4v) is 4.51. The van der Waals surface area contributed by atoms with E-state index < -0.39 is 5.82 Å². The van der Waals surface area contributed by atoms with E-state index in [0.717, 1.165) is 54.3 Å².